The maximum Gasteiger partial charge on any atom is 0.165 e. The van der Waals surface area contributed by atoms with Gasteiger partial charge in [0, 0.05) is 18.0 Å². The van der Waals surface area contributed by atoms with Gasteiger partial charge in [-0.05, 0) is 69.5 Å². The lowest BCUT2D eigenvalue weighted by Gasteiger charge is -2.26. The molecule has 0 unspecified atom stereocenters. The zero-order valence-electron chi connectivity index (χ0n) is 13.4. The molecule has 1 saturated heterocycles. The third-order valence-electron chi connectivity index (χ3n) is 4.95. The molecule has 1 aliphatic heterocycles. The summed E-state index contributed by atoms with van der Waals surface area (Å²) in [6, 6.07) is 7.71. The predicted octanol–water partition coefficient (Wildman–Crippen LogP) is 3.92. The number of ether oxygens (including phenoxy) is 1. The van der Waals surface area contributed by atoms with Crippen LogP contribution in [0.5, 0.6) is 5.75 Å². The fourth-order valence-electron chi connectivity index (χ4n) is 3.28. The van der Waals surface area contributed by atoms with Gasteiger partial charge in [-0.2, -0.15) is 0 Å². The van der Waals surface area contributed by atoms with Gasteiger partial charge in [0.1, 0.15) is 5.75 Å². The van der Waals surface area contributed by atoms with Crippen LogP contribution in [0.1, 0.15) is 55.3 Å². The van der Waals surface area contributed by atoms with Crippen LogP contribution in [0.4, 0.5) is 0 Å². The number of benzene rings is 1. The van der Waals surface area contributed by atoms with Crippen molar-refractivity contribution in [1.82, 2.24) is 4.90 Å². The van der Waals surface area contributed by atoms with Gasteiger partial charge < -0.3 is 9.64 Å². The van der Waals surface area contributed by atoms with Gasteiger partial charge in [0.05, 0.1) is 6.61 Å². The molecule has 2 fully saturated rings. The summed E-state index contributed by atoms with van der Waals surface area (Å²) in [4.78, 5) is 14.7. The minimum Gasteiger partial charge on any atom is -0.494 e. The molecule has 3 rings (SSSR count). The molecule has 3 heteroatoms. The Labute approximate surface area is 133 Å². The fourth-order valence-corrected chi connectivity index (χ4v) is 3.28. The average Bonchev–Trinajstić information content (AvgIpc) is 2.51. The van der Waals surface area contributed by atoms with E-state index in [0.29, 0.717) is 5.78 Å². The Morgan fingerprint density at radius 1 is 1.05 bits per heavy atom. The Morgan fingerprint density at radius 3 is 2.41 bits per heavy atom. The number of likely N-dealkylation sites (tertiary alicyclic amines) is 1. The second-order valence-corrected chi connectivity index (χ2v) is 6.62. The van der Waals surface area contributed by atoms with Crippen LogP contribution in [-0.4, -0.2) is 36.9 Å². The number of ketones is 1. The summed E-state index contributed by atoms with van der Waals surface area (Å²) in [5.41, 5.74) is 0.838. The van der Waals surface area contributed by atoms with Crippen LogP contribution >= 0.6 is 0 Å². The number of carbonyl (C=O) groups excluding carboxylic acids is 1. The monoisotopic (exact) mass is 301 g/mol. The Bertz CT molecular complexity index is 473. The molecule has 1 saturated carbocycles. The number of hydrogen-bond donors (Lipinski definition) is 0. The average molecular weight is 301 g/mol. The van der Waals surface area contributed by atoms with E-state index in [9.17, 15) is 4.79 Å². The zero-order valence-corrected chi connectivity index (χ0v) is 13.4. The predicted molar refractivity (Wildman–Crippen MR) is 88.5 cm³/mol. The Balaban J connectivity index is 1.38. The van der Waals surface area contributed by atoms with Crippen molar-refractivity contribution in [3.05, 3.63) is 29.8 Å². The van der Waals surface area contributed by atoms with Gasteiger partial charge in [0.2, 0.25) is 0 Å². The third kappa shape index (κ3) is 4.10. The second kappa shape index (κ2) is 7.77. The quantitative estimate of drug-likeness (QED) is 0.564. The lowest BCUT2D eigenvalue weighted by Crippen LogP contribution is -2.31. The van der Waals surface area contributed by atoms with Gasteiger partial charge in [0.15, 0.2) is 5.78 Å². The van der Waals surface area contributed by atoms with E-state index in [1.54, 1.807) is 0 Å². The molecule has 1 aromatic rings. The first kappa shape index (κ1) is 15.5. The van der Waals surface area contributed by atoms with Gasteiger partial charge in [-0.1, -0.05) is 12.8 Å². The van der Waals surface area contributed by atoms with E-state index >= 15 is 0 Å². The van der Waals surface area contributed by atoms with Crippen LogP contribution in [0.2, 0.25) is 0 Å². The Morgan fingerprint density at radius 2 is 1.77 bits per heavy atom. The molecule has 0 bridgehead atoms. The van der Waals surface area contributed by atoms with E-state index in [1.807, 2.05) is 24.3 Å². The lowest BCUT2D eigenvalue weighted by atomic mass is 9.80. The standard InChI is InChI=1S/C19H27NO2/c21-19(16-6-4-7-16)17-8-10-18(11-9-17)22-15-5-14-20-12-2-1-3-13-20/h8-11,16H,1-7,12-15H2. The first-order valence-corrected chi connectivity index (χ1v) is 8.82. The third-order valence-corrected chi connectivity index (χ3v) is 4.95. The topological polar surface area (TPSA) is 29.5 Å². The minimum absolute atomic E-state index is 0.274. The van der Waals surface area contributed by atoms with Crippen molar-refractivity contribution in [3.63, 3.8) is 0 Å². The van der Waals surface area contributed by atoms with E-state index in [1.165, 1.54) is 38.8 Å². The van der Waals surface area contributed by atoms with Gasteiger partial charge in [0.25, 0.3) is 0 Å². The molecule has 0 radical (unpaired) electrons. The van der Waals surface area contributed by atoms with Crippen molar-refractivity contribution in [1.29, 1.82) is 0 Å². The normalized spacial score (nSPS) is 19.6. The van der Waals surface area contributed by atoms with Crippen molar-refractivity contribution in [2.45, 2.75) is 44.9 Å². The summed E-state index contributed by atoms with van der Waals surface area (Å²) in [6.07, 6.45) is 8.48. The summed E-state index contributed by atoms with van der Waals surface area (Å²) >= 11 is 0. The smallest absolute Gasteiger partial charge is 0.165 e. The molecular formula is C19H27NO2. The summed E-state index contributed by atoms with van der Waals surface area (Å²) in [6.45, 7) is 4.39. The van der Waals surface area contributed by atoms with Gasteiger partial charge in [-0.25, -0.2) is 0 Å². The Kier molecular flexibility index (Phi) is 5.49. The number of piperidine rings is 1. The van der Waals surface area contributed by atoms with Gasteiger partial charge >= 0.3 is 0 Å². The largest absolute Gasteiger partial charge is 0.494 e. The van der Waals surface area contributed by atoms with E-state index < -0.39 is 0 Å². The first-order valence-electron chi connectivity index (χ1n) is 8.82. The maximum atomic E-state index is 12.1. The molecule has 22 heavy (non-hydrogen) atoms. The lowest BCUT2D eigenvalue weighted by molar-refractivity contribution is 0.0855. The second-order valence-electron chi connectivity index (χ2n) is 6.62. The minimum atomic E-state index is 0.274. The fraction of sp³-hybridized carbons (Fsp3) is 0.632. The number of carbonyl (C=O) groups is 1. The highest BCUT2D eigenvalue weighted by Gasteiger charge is 2.25. The summed E-state index contributed by atoms with van der Waals surface area (Å²) in [5.74, 6) is 1.46. The molecule has 0 atom stereocenters. The molecule has 0 aromatic heterocycles. The summed E-state index contributed by atoms with van der Waals surface area (Å²) < 4.78 is 5.79. The van der Waals surface area contributed by atoms with Crippen LogP contribution in [0.25, 0.3) is 0 Å². The van der Waals surface area contributed by atoms with E-state index in [-0.39, 0.29) is 5.92 Å². The van der Waals surface area contributed by atoms with Crippen LogP contribution in [0.15, 0.2) is 24.3 Å². The highest BCUT2D eigenvalue weighted by atomic mass is 16.5. The summed E-state index contributed by atoms with van der Waals surface area (Å²) in [5, 5.41) is 0. The van der Waals surface area contributed by atoms with E-state index in [2.05, 4.69) is 4.90 Å². The van der Waals surface area contributed by atoms with Crippen LogP contribution in [0.3, 0.4) is 0 Å². The molecule has 120 valence electrons. The first-order chi connectivity index (χ1) is 10.8. The van der Waals surface area contributed by atoms with E-state index in [4.69, 9.17) is 4.74 Å². The SMILES string of the molecule is O=C(c1ccc(OCCCN2CCCCC2)cc1)C1CCC1. The molecule has 1 aliphatic carbocycles. The molecular weight excluding hydrogens is 274 g/mol. The maximum absolute atomic E-state index is 12.1. The highest BCUT2D eigenvalue weighted by Crippen LogP contribution is 2.30. The molecule has 0 spiro atoms. The Hall–Kier alpha value is -1.35. The van der Waals surface area contributed by atoms with Crippen molar-refractivity contribution < 1.29 is 9.53 Å². The molecule has 1 aromatic carbocycles. The zero-order chi connectivity index (χ0) is 15.2. The summed E-state index contributed by atoms with van der Waals surface area (Å²) in [7, 11) is 0. The van der Waals surface area contributed by atoms with Crippen molar-refractivity contribution in [3.8, 4) is 5.75 Å². The van der Waals surface area contributed by atoms with Gasteiger partial charge in [-0.15, -0.1) is 0 Å². The van der Waals surface area contributed by atoms with E-state index in [0.717, 1.165) is 43.7 Å². The molecule has 2 aliphatic rings. The number of Topliss-reactive ketones (excluding diaryl/α,β-unsaturated/α-hetero) is 1. The molecule has 3 nitrogen and oxygen atoms in total. The highest BCUT2D eigenvalue weighted by molar-refractivity contribution is 5.98. The van der Waals surface area contributed by atoms with Crippen LogP contribution < -0.4 is 4.74 Å². The molecule has 0 N–H and O–H groups in total. The van der Waals surface area contributed by atoms with Crippen LogP contribution in [0, 0.1) is 5.92 Å². The van der Waals surface area contributed by atoms with Crippen LogP contribution in [-0.2, 0) is 0 Å². The van der Waals surface area contributed by atoms with Crippen molar-refractivity contribution in [2.75, 3.05) is 26.2 Å². The molecule has 0 amide bonds. The van der Waals surface area contributed by atoms with Crippen molar-refractivity contribution in [2.24, 2.45) is 5.92 Å². The number of nitrogens with zero attached hydrogens (tertiary/aromatic N) is 1. The van der Waals surface area contributed by atoms with Crippen molar-refractivity contribution >= 4 is 5.78 Å². The van der Waals surface area contributed by atoms with Gasteiger partial charge in [-0.3, -0.25) is 4.79 Å². The number of hydrogen-bond acceptors (Lipinski definition) is 3. The number of rotatable bonds is 7. The molecule has 1 heterocycles.